The van der Waals surface area contributed by atoms with Gasteiger partial charge in [0.1, 0.15) is 0 Å². The molecule has 2 nitrogen and oxygen atoms in total. The Bertz CT molecular complexity index is 1140. The Morgan fingerprint density at radius 1 is 0.741 bits per heavy atom. The molecule has 0 aromatic heterocycles. The van der Waals surface area contributed by atoms with Gasteiger partial charge in [-0.05, 0) is 44.2 Å². The fraction of sp³-hybridized carbons (Fsp3) is 0.0800. The Balaban J connectivity index is 1.87. The number of carboxylic acid groups (broad SMARTS) is 1. The van der Waals surface area contributed by atoms with Crippen molar-refractivity contribution in [2.24, 2.45) is 0 Å². The number of hydrogen-bond acceptors (Lipinski definition) is 1. The number of rotatable bonds is 3. The van der Waals surface area contributed by atoms with Crippen molar-refractivity contribution in [3.63, 3.8) is 0 Å². The third kappa shape index (κ3) is 2.45. The monoisotopic (exact) mass is 350 g/mol. The van der Waals surface area contributed by atoms with Crippen LogP contribution in [0.4, 0.5) is 0 Å². The molecule has 1 aliphatic rings. The van der Waals surface area contributed by atoms with Gasteiger partial charge in [-0.15, -0.1) is 0 Å². The van der Waals surface area contributed by atoms with E-state index >= 15 is 0 Å². The van der Waals surface area contributed by atoms with Gasteiger partial charge in [0.25, 0.3) is 0 Å². The first-order chi connectivity index (χ1) is 13.2. The zero-order valence-electron chi connectivity index (χ0n) is 14.7. The van der Waals surface area contributed by atoms with Crippen molar-refractivity contribution in [3.8, 4) is 11.1 Å². The van der Waals surface area contributed by atoms with E-state index in [0.717, 1.165) is 21.9 Å². The molecule has 0 saturated heterocycles. The van der Waals surface area contributed by atoms with Gasteiger partial charge in [-0.25, -0.2) is 0 Å². The van der Waals surface area contributed by atoms with Gasteiger partial charge in [0, 0.05) is 5.92 Å². The number of hydrogen-bond donors (Lipinski definition) is 1. The Labute approximate surface area is 157 Å². The van der Waals surface area contributed by atoms with Gasteiger partial charge in [-0.2, -0.15) is 0 Å². The van der Waals surface area contributed by atoms with Crippen LogP contribution in [-0.4, -0.2) is 11.1 Å². The van der Waals surface area contributed by atoms with Crippen LogP contribution in [0.2, 0.25) is 0 Å². The van der Waals surface area contributed by atoms with Crippen molar-refractivity contribution < 1.29 is 9.90 Å². The molecule has 0 atom stereocenters. The molecule has 1 N–H and O–H groups in total. The summed E-state index contributed by atoms with van der Waals surface area (Å²) in [7, 11) is 0. The van der Waals surface area contributed by atoms with Crippen LogP contribution in [0, 0.1) is 0 Å². The second kappa shape index (κ2) is 6.10. The van der Waals surface area contributed by atoms with Crippen molar-refractivity contribution in [1.82, 2.24) is 0 Å². The third-order valence-corrected chi connectivity index (χ3v) is 5.53. The first-order valence-electron chi connectivity index (χ1n) is 9.14. The lowest BCUT2D eigenvalue weighted by atomic mass is 9.82. The molecular formula is C25H18O2. The Morgan fingerprint density at radius 3 is 2.00 bits per heavy atom. The maximum atomic E-state index is 11.6. The van der Waals surface area contributed by atoms with Gasteiger partial charge in [0.15, 0.2) is 0 Å². The summed E-state index contributed by atoms with van der Waals surface area (Å²) in [6, 6.07) is 29.2. The Morgan fingerprint density at radius 2 is 1.33 bits per heavy atom. The zero-order chi connectivity index (χ0) is 18.4. The Kier molecular flexibility index (Phi) is 3.58. The van der Waals surface area contributed by atoms with E-state index in [9.17, 15) is 9.90 Å². The van der Waals surface area contributed by atoms with Crippen LogP contribution >= 0.6 is 0 Å². The molecule has 2 heteroatoms. The Hall–Kier alpha value is -3.39. The lowest BCUT2D eigenvalue weighted by Crippen LogP contribution is -2.09. The number of carbonyl (C=O) groups is 1. The summed E-state index contributed by atoms with van der Waals surface area (Å²) in [4.78, 5) is 11.6. The third-order valence-electron chi connectivity index (χ3n) is 5.53. The van der Waals surface area contributed by atoms with E-state index in [2.05, 4.69) is 60.7 Å². The molecule has 0 spiro atoms. The van der Waals surface area contributed by atoms with Crippen LogP contribution in [0.3, 0.4) is 0 Å². The van der Waals surface area contributed by atoms with Crippen LogP contribution in [-0.2, 0) is 11.2 Å². The summed E-state index contributed by atoms with van der Waals surface area (Å²) in [5.41, 5.74) is 6.99. The molecule has 0 aliphatic heterocycles. The highest BCUT2D eigenvalue weighted by molar-refractivity contribution is 5.92. The lowest BCUT2D eigenvalue weighted by molar-refractivity contribution is -0.136. The average Bonchev–Trinajstić information content (AvgIpc) is 3.02. The molecule has 27 heavy (non-hydrogen) atoms. The highest BCUT2D eigenvalue weighted by Gasteiger charge is 2.32. The van der Waals surface area contributed by atoms with Gasteiger partial charge in [-0.3, -0.25) is 4.79 Å². The van der Waals surface area contributed by atoms with Gasteiger partial charge in [-0.1, -0.05) is 84.9 Å². The molecule has 0 radical (unpaired) electrons. The summed E-state index contributed by atoms with van der Waals surface area (Å²) in [5, 5.41) is 11.8. The average molecular weight is 350 g/mol. The van der Waals surface area contributed by atoms with Crippen LogP contribution in [0.25, 0.3) is 21.9 Å². The van der Waals surface area contributed by atoms with E-state index in [4.69, 9.17) is 0 Å². The zero-order valence-corrected chi connectivity index (χ0v) is 14.7. The standard InChI is InChI=1S/C25H18O2/c26-23(27)15-17-14-13-16-7-1-2-8-18(16)24(17)25-21-11-5-3-9-19(21)20-10-4-6-12-22(20)25/h1-14,25H,15H2,(H,26,27). The van der Waals surface area contributed by atoms with Crippen molar-refractivity contribution in [1.29, 1.82) is 0 Å². The molecule has 0 bridgehead atoms. The minimum absolute atomic E-state index is 0.0288. The maximum Gasteiger partial charge on any atom is 0.307 e. The van der Waals surface area contributed by atoms with Crippen molar-refractivity contribution >= 4 is 16.7 Å². The molecule has 0 heterocycles. The van der Waals surface area contributed by atoms with Crippen molar-refractivity contribution in [2.75, 3.05) is 0 Å². The number of benzene rings is 4. The highest BCUT2D eigenvalue weighted by atomic mass is 16.4. The smallest absolute Gasteiger partial charge is 0.307 e. The number of fused-ring (bicyclic) bond motifs is 4. The lowest BCUT2D eigenvalue weighted by Gasteiger charge is -2.20. The second-order valence-electron chi connectivity index (χ2n) is 7.04. The van der Waals surface area contributed by atoms with Gasteiger partial charge >= 0.3 is 5.97 Å². The normalized spacial score (nSPS) is 12.7. The van der Waals surface area contributed by atoms with E-state index < -0.39 is 5.97 Å². The van der Waals surface area contributed by atoms with E-state index in [-0.39, 0.29) is 12.3 Å². The van der Waals surface area contributed by atoms with E-state index in [1.54, 1.807) is 0 Å². The van der Waals surface area contributed by atoms with Crippen LogP contribution in [0.15, 0.2) is 84.9 Å². The minimum Gasteiger partial charge on any atom is -0.481 e. The molecule has 4 aromatic carbocycles. The molecule has 130 valence electrons. The number of aliphatic carboxylic acids is 1. The molecule has 0 fully saturated rings. The van der Waals surface area contributed by atoms with Crippen LogP contribution < -0.4 is 0 Å². The summed E-state index contributed by atoms with van der Waals surface area (Å²) >= 11 is 0. The SMILES string of the molecule is O=C(O)Cc1ccc2ccccc2c1C1c2ccccc2-c2ccccc21. The molecule has 0 saturated carbocycles. The summed E-state index contributed by atoms with van der Waals surface area (Å²) in [6.45, 7) is 0. The van der Waals surface area contributed by atoms with Crippen molar-refractivity contribution in [2.45, 2.75) is 12.3 Å². The quantitative estimate of drug-likeness (QED) is 0.458. The molecular weight excluding hydrogens is 332 g/mol. The van der Waals surface area contributed by atoms with E-state index in [1.807, 2.05) is 24.3 Å². The predicted octanol–water partition coefficient (Wildman–Crippen LogP) is 5.63. The molecule has 0 amide bonds. The molecule has 1 aliphatic carbocycles. The van der Waals surface area contributed by atoms with E-state index in [1.165, 1.54) is 22.3 Å². The molecule has 4 aromatic rings. The summed E-state index contributed by atoms with van der Waals surface area (Å²) < 4.78 is 0. The van der Waals surface area contributed by atoms with E-state index in [0.29, 0.717) is 0 Å². The first kappa shape index (κ1) is 15.8. The molecule has 5 rings (SSSR count). The summed E-state index contributed by atoms with van der Waals surface area (Å²) in [5.74, 6) is -0.746. The second-order valence-corrected chi connectivity index (χ2v) is 7.04. The predicted molar refractivity (Wildman–Crippen MR) is 108 cm³/mol. The van der Waals surface area contributed by atoms with Gasteiger partial charge in [0.2, 0.25) is 0 Å². The van der Waals surface area contributed by atoms with Crippen LogP contribution in [0.1, 0.15) is 28.2 Å². The van der Waals surface area contributed by atoms with Crippen LogP contribution in [0.5, 0.6) is 0 Å². The van der Waals surface area contributed by atoms with Crippen molar-refractivity contribution in [3.05, 3.63) is 107 Å². The fourth-order valence-corrected chi connectivity index (χ4v) is 4.47. The fourth-order valence-electron chi connectivity index (χ4n) is 4.47. The topological polar surface area (TPSA) is 37.3 Å². The first-order valence-corrected chi connectivity index (χ1v) is 9.14. The van der Waals surface area contributed by atoms with Gasteiger partial charge in [0.05, 0.1) is 6.42 Å². The largest absolute Gasteiger partial charge is 0.481 e. The van der Waals surface area contributed by atoms with Gasteiger partial charge < -0.3 is 5.11 Å². The minimum atomic E-state index is -0.800. The molecule has 0 unspecified atom stereocenters. The number of carboxylic acids is 1. The highest BCUT2D eigenvalue weighted by Crippen LogP contribution is 2.50. The maximum absolute atomic E-state index is 11.6. The summed E-state index contributed by atoms with van der Waals surface area (Å²) in [6.07, 6.45) is 0.0288.